The highest BCUT2D eigenvalue weighted by molar-refractivity contribution is 8.01. The topological polar surface area (TPSA) is 167 Å². The Kier molecular flexibility index (Phi) is 6.53. The molecule has 0 bridgehead atoms. The molecule has 2 aromatic rings. The molecule has 1 fully saturated rings. The van der Waals surface area contributed by atoms with Gasteiger partial charge < -0.3 is 16.2 Å². The Morgan fingerprint density at radius 3 is 2.94 bits per heavy atom. The number of thioether (sulfide) groups is 2. The van der Waals surface area contributed by atoms with Crippen LogP contribution in [0.25, 0.3) is 5.57 Å². The molecule has 168 valence electrons. The first-order valence-electron chi connectivity index (χ1n) is 9.51. The van der Waals surface area contributed by atoms with E-state index in [0.29, 0.717) is 44.9 Å². The number of carboxylic acid groups (broad SMARTS) is 1. The molecule has 0 radical (unpaired) electrons. The molecule has 4 heterocycles. The zero-order chi connectivity index (χ0) is 22.8. The quantitative estimate of drug-likeness (QED) is 0.238. The molecule has 11 nitrogen and oxygen atoms in total. The Balaban J connectivity index is 1.49. The van der Waals surface area contributed by atoms with Gasteiger partial charge in [-0.25, -0.2) is 9.78 Å². The van der Waals surface area contributed by atoms with E-state index in [1.54, 1.807) is 17.7 Å². The van der Waals surface area contributed by atoms with Gasteiger partial charge in [0, 0.05) is 16.9 Å². The first-order chi connectivity index (χ1) is 15.4. The van der Waals surface area contributed by atoms with E-state index < -0.39 is 29.2 Å². The first kappa shape index (κ1) is 22.4. The van der Waals surface area contributed by atoms with Crippen molar-refractivity contribution in [2.75, 3.05) is 17.2 Å². The number of anilines is 1. The van der Waals surface area contributed by atoms with E-state index in [1.807, 2.05) is 6.92 Å². The number of amides is 2. The van der Waals surface area contributed by atoms with Crippen molar-refractivity contribution < 1.29 is 19.5 Å². The minimum absolute atomic E-state index is 0.0307. The monoisotopic (exact) mass is 493 g/mol. The number of aromatic nitrogens is 4. The maximum atomic E-state index is 12.9. The van der Waals surface area contributed by atoms with Gasteiger partial charge >= 0.3 is 5.97 Å². The van der Waals surface area contributed by atoms with Crippen molar-refractivity contribution in [1.29, 1.82) is 0 Å². The lowest BCUT2D eigenvalue weighted by Crippen LogP contribution is -2.70. The number of aliphatic carboxylic acids is 1. The molecule has 4 rings (SSSR count). The molecule has 32 heavy (non-hydrogen) atoms. The highest BCUT2D eigenvalue weighted by atomic mass is 32.2. The first-order valence-corrected chi connectivity index (χ1v) is 12.4. The number of hydrogen-bond acceptors (Lipinski definition) is 10. The predicted molar refractivity (Wildman–Crippen MR) is 122 cm³/mol. The van der Waals surface area contributed by atoms with Crippen molar-refractivity contribution in [2.45, 2.75) is 29.8 Å². The van der Waals surface area contributed by atoms with Gasteiger partial charge in [0.2, 0.25) is 0 Å². The van der Waals surface area contributed by atoms with Crippen molar-refractivity contribution in [3.63, 3.8) is 0 Å². The van der Waals surface area contributed by atoms with Crippen LogP contribution < -0.4 is 11.1 Å². The highest BCUT2D eigenvalue weighted by Crippen LogP contribution is 2.41. The van der Waals surface area contributed by atoms with Crippen LogP contribution in [0.2, 0.25) is 0 Å². The molecule has 14 heteroatoms. The third-order valence-electron chi connectivity index (χ3n) is 4.77. The number of hydrogen-bond donors (Lipinski definition) is 4. The molecule has 0 aliphatic carbocycles. The molecular weight excluding hydrogens is 474 g/mol. The number of nitrogen functional groups attached to an aromatic ring is 1. The van der Waals surface area contributed by atoms with Gasteiger partial charge in [-0.05, 0) is 12.0 Å². The van der Waals surface area contributed by atoms with Gasteiger partial charge in [0.1, 0.15) is 22.1 Å². The lowest BCUT2D eigenvalue weighted by atomic mass is 10.0. The van der Waals surface area contributed by atoms with Crippen LogP contribution in [0.4, 0.5) is 5.13 Å². The molecule has 2 aromatic heterocycles. The molecule has 2 aliphatic heterocycles. The van der Waals surface area contributed by atoms with Crippen LogP contribution in [0, 0.1) is 0 Å². The molecule has 0 aromatic carbocycles. The average Bonchev–Trinajstić information content (AvgIpc) is 3.45. The van der Waals surface area contributed by atoms with Crippen LogP contribution in [0.1, 0.15) is 19.0 Å². The summed E-state index contributed by atoms with van der Waals surface area (Å²) in [6.45, 7) is 1.89. The van der Waals surface area contributed by atoms with Crippen molar-refractivity contribution in [3.05, 3.63) is 34.6 Å². The summed E-state index contributed by atoms with van der Waals surface area (Å²) in [7, 11) is 0. The summed E-state index contributed by atoms with van der Waals surface area (Å²) in [6.07, 6.45) is 3.87. The summed E-state index contributed by atoms with van der Waals surface area (Å²) >= 11 is 3.97. The summed E-state index contributed by atoms with van der Waals surface area (Å²) in [6, 6.07) is -0.817. The molecule has 0 saturated carbocycles. The fourth-order valence-corrected chi connectivity index (χ4v) is 6.20. The van der Waals surface area contributed by atoms with E-state index in [-0.39, 0.29) is 5.70 Å². The third kappa shape index (κ3) is 4.25. The van der Waals surface area contributed by atoms with Gasteiger partial charge in [0.15, 0.2) is 5.13 Å². The fourth-order valence-electron chi connectivity index (χ4n) is 3.36. The zero-order valence-electron chi connectivity index (χ0n) is 16.8. The number of carbonyl (C=O) groups is 3. The molecular formula is C18H19N7O4S3. The Morgan fingerprint density at radius 1 is 1.50 bits per heavy atom. The fraction of sp³-hybridized carbons (Fsp3) is 0.333. The Bertz CT molecular complexity index is 1110. The maximum absolute atomic E-state index is 12.9. The van der Waals surface area contributed by atoms with Crippen LogP contribution in [-0.4, -0.2) is 71.1 Å². The van der Waals surface area contributed by atoms with E-state index in [9.17, 15) is 19.5 Å². The van der Waals surface area contributed by atoms with Crippen molar-refractivity contribution in [1.82, 2.24) is 30.6 Å². The number of carboxylic acids is 1. The van der Waals surface area contributed by atoms with Gasteiger partial charge in [0.25, 0.3) is 11.8 Å². The number of β-lactam (4-membered cyclic amide) rings is 1. The van der Waals surface area contributed by atoms with Crippen molar-refractivity contribution in [2.24, 2.45) is 0 Å². The number of thiazole rings is 1. The second kappa shape index (κ2) is 9.34. The minimum atomic E-state index is -1.17. The molecule has 1 saturated heterocycles. The predicted octanol–water partition coefficient (Wildman–Crippen LogP) is 1.17. The van der Waals surface area contributed by atoms with E-state index >= 15 is 0 Å². The number of nitrogens with one attached hydrogen (secondary N) is 2. The minimum Gasteiger partial charge on any atom is -0.477 e. The maximum Gasteiger partial charge on any atom is 0.352 e. The summed E-state index contributed by atoms with van der Waals surface area (Å²) in [5, 5.41) is 24.9. The number of nitrogens with zero attached hydrogens (tertiary/aromatic N) is 4. The van der Waals surface area contributed by atoms with Gasteiger partial charge in [0.05, 0.1) is 17.5 Å². The van der Waals surface area contributed by atoms with Crippen molar-refractivity contribution >= 4 is 63.3 Å². The van der Waals surface area contributed by atoms with Gasteiger partial charge in [-0.1, -0.05) is 24.8 Å². The summed E-state index contributed by atoms with van der Waals surface area (Å²) in [5.74, 6) is -1.28. The lowest BCUT2D eigenvalue weighted by Gasteiger charge is -2.49. The number of rotatable bonds is 8. The standard InChI is InChI=1S/C18H19N7O4S3/c1-2-3-9(10-7-32-18(19)21-10)14(26)22-12-15(27)25-13(17(28)29)8(6-31-16(12)25)5-30-11-4-20-24-23-11/h3-4,7,12,16H,2,5-6H2,1H3,(H2,19,21)(H,22,26)(H,28,29)(H,20,23,24)/b9-3-/t12-,16-/m1/s1. The van der Waals surface area contributed by atoms with Gasteiger partial charge in [-0.3, -0.25) is 14.5 Å². The SMILES string of the molecule is CC/C=C(\C(=O)N[C@@H]1C(=O)N2C(C(=O)O)=C(CSc3cn[nH]n3)CS[C@H]12)c1csc(N)n1. The molecule has 0 unspecified atom stereocenters. The Morgan fingerprint density at radius 2 is 2.31 bits per heavy atom. The van der Waals surface area contributed by atoms with E-state index in [2.05, 4.69) is 25.7 Å². The van der Waals surface area contributed by atoms with Crippen LogP contribution in [-0.2, 0) is 14.4 Å². The number of nitrogens with two attached hydrogens (primary N) is 1. The summed E-state index contributed by atoms with van der Waals surface area (Å²) < 4.78 is 0. The van der Waals surface area contributed by atoms with E-state index in [0.717, 1.165) is 0 Å². The van der Waals surface area contributed by atoms with Crippen LogP contribution >= 0.6 is 34.9 Å². The largest absolute Gasteiger partial charge is 0.477 e. The number of fused-ring (bicyclic) bond motifs is 1. The third-order valence-corrected chi connectivity index (χ3v) is 7.77. The van der Waals surface area contributed by atoms with Crippen LogP contribution in [0.15, 0.2) is 33.9 Å². The number of aromatic amines is 1. The van der Waals surface area contributed by atoms with Crippen molar-refractivity contribution in [3.8, 4) is 0 Å². The Hall–Kier alpha value is -2.84. The van der Waals surface area contributed by atoms with E-state index in [1.165, 1.54) is 39.8 Å². The van der Waals surface area contributed by atoms with Gasteiger partial charge in [-0.15, -0.1) is 28.2 Å². The molecule has 2 atom stereocenters. The number of carbonyl (C=O) groups excluding carboxylic acids is 2. The molecule has 2 amide bonds. The second-order valence-corrected chi connectivity index (χ2v) is 9.80. The smallest absolute Gasteiger partial charge is 0.352 e. The summed E-state index contributed by atoms with van der Waals surface area (Å²) in [5.41, 5.74) is 7.06. The lowest BCUT2D eigenvalue weighted by molar-refractivity contribution is -0.150. The Labute approximate surface area is 194 Å². The highest BCUT2D eigenvalue weighted by Gasteiger charge is 2.54. The number of allylic oxidation sites excluding steroid dienone is 1. The second-order valence-electron chi connectivity index (χ2n) is 6.81. The normalized spacial score (nSPS) is 20.7. The number of H-pyrrole nitrogens is 1. The van der Waals surface area contributed by atoms with Crippen LogP contribution in [0.5, 0.6) is 0 Å². The zero-order valence-corrected chi connectivity index (χ0v) is 19.2. The van der Waals surface area contributed by atoms with Crippen LogP contribution in [0.3, 0.4) is 0 Å². The van der Waals surface area contributed by atoms with E-state index in [4.69, 9.17) is 5.73 Å². The van der Waals surface area contributed by atoms with Gasteiger partial charge in [-0.2, -0.15) is 10.3 Å². The summed E-state index contributed by atoms with van der Waals surface area (Å²) in [4.78, 5) is 43.1. The molecule has 2 aliphatic rings. The molecule has 0 spiro atoms. The molecule has 5 N–H and O–H groups in total. The average molecular weight is 494 g/mol.